The number of nitrogens with zero attached hydrogens (tertiary/aromatic N) is 4. The van der Waals surface area contributed by atoms with Gasteiger partial charge < -0.3 is 24.3 Å². The van der Waals surface area contributed by atoms with Crippen molar-refractivity contribution in [1.82, 2.24) is 14.5 Å². The third-order valence-corrected chi connectivity index (χ3v) is 6.48. The molecular formula is C28H28F3N5O3. The van der Waals surface area contributed by atoms with Crippen LogP contribution in [0.25, 0.3) is 11.0 Å². The van der Waals surface area contributed by atoms with Gasteiger partial charge in [0.25, 0.3) is 5.91 Å². The second-order valence-electron chi connectivity index (χ2n) is 9.77. The van der Waals surface area contributed by atoms with Crippen LogP contribution in [0.15, 0.2) is 54.7 Å². The molecule has 0 spiro atoms. The fourth-order valence-electron chi connectivity index (χ4n) is 4.63. The summed E-state index contributed by atoms with van der Waals surface area (Å²) in [5.74, 6) is 0.643. The van der Waals surface area contributed by atoms with Crippen LogP contribution in [-0.4, -0.2) is 45.7 Å². The molecule has 4 aromatic rings. The van der Waals surface area contributed by atoms with Gasteiger partial charge in [-0.3, -0.25) is 4.79 Å². The number of halogens is 3. The Labute approximate surface area is 223 Å². The Bertz CT molecular complexity index is 1520. The highest BCUT2D eigenvalue weighted by Gasteiger charge is 2.31. The molecule has 1 saturated heterocycles. The number of rotatable bonds is 5. The number of hydrogen-bond acceptors (Lipinski definition) is 6. The van der Waals surface area contributed by atoms with E-state index in [0.717, 1.165) is 23.2 Å². The Kier molecular flexibility index (Phi) is 6.94. The SMILES string of the molecule is Cc1ccc(NC(=O)c2cccc(C(F)(F)F)c2)cc1Oc1nc(N2CC(C)OC(C)C2)nc2ccn(C)c12. The Morgan fingerprint density at radius 2 is 1.82 bits per heavy atom. The lowest BCUT2D eigenvalue weighted by Crippen LogP contribution is -2.46. The molecule has 11 heteroatoms. The molecule has 2 unspecified atom stereocenters. The van der Waals surface area contributed by atoms with Gasteiger partial charge in [0, 0.05) is 43.7 Å². The molecule has 0 radical (unpaired) electrons. The van der Waals surface area contributed by atoms with Crippen LogP contribution in [0.1, 0.15) is 35.3 Å². The molecule has 0 aliphatic carbocycles. The molecule has 39 heavy (non-hydrogen) atoms. The number of morpholine rings is 1. The monoisotopic (exact) mass is 539 g/mol. The molecule has 2 aromatic carbocycles. The number of aromatic nitrogens is 3. The van der Waals surface area contributed by atoms with Gasteiger partial charge in [0.2, 0.25) is 11.8 Å². The molecule has 1 aliphatic rings. The quantitative estimate of drug-likeness (QED) is 0.337. The van der Waals surface area contributed by atoms with Crippen molar-refractivity contribution in [1.29, 1.82) is 0 Å². The summed E-state index contributed by atoms with van der Waals surface area (Å²) in [6.07, 6.45) is -2.63. The smallest absolute Gasteiger partial charge is 0.416 e. The molecule has 1 fully saturated rings. The second-order valence-corrected chi connectivity index (χ2v) is 9.77. The molecule has 1 aliphatic heterocycles. The number of carbonyl (C=O) groups excluding carboxylic acids is 1. The number of ether oxygens (including phenoxy) is 2. The van der Waals surface area contributed by atoms with Gasteiger partial charge in [0.05, 0.1) is 23.3 Å². The number of benzene rings is 2. The van der Waals surface area contributed by atoms with E-state index in [1.165, 1.54) is 12.1 Å². The maximum atomic E-state index is 13.1. The largest absolute Gasteiger partial charge is 0.437 e. The van der Waals surface area contributed by atoms with E-state index < -0.39 is 17.6 Å². The summed E-state index contributed by atoms with van der Waals surface area (Å²) >= 11 is 0. The molecule has 204 valence electrons. The van der Waals surface area contributed by atoms with Crippen LogP contribution in [0, 0.1) is 6.92 Å². The van der Waals surface area contributed by atoms with Crippen molar-refractivity contribution >= 4 is 28.6 Å². The van der Waals surface area contributed by atoms with Crippen molar-refractivity contribution in [2.24, 2.45) is 7.05 Å². The van der Waals surface area contributed by atoms with Gasteiger partial charge in [-0.05, 0) is 56.7 Å². The molecule has 0 saturated carbocycles. The maximum absolute atomic E-state index is 13.1. The topological polar surface area (TPSA) is 81.5 Å². The van der Waals surface area contributed by atoms with Gasteiger partial charge in [-0.1, -0.05) is 12.1 Å². The summed E-state index contributed by atoms with van der Waals surface area (Å²) in [5.41, 5.74) is 1.57. The van der Waals surface area contributed by atoms with Crippen molar-refractivity contribution < 1.29 is 27.4 Å². The number of alkyl halides is 3. The van der Waals surface area contributed by atoms with E-state index in [1.54, 1.807) is 18.2 Å². The van der Waals surface area contributed by atoms with E-state index in [-0.39, 0.29) is 17.8 Å². The Morgan fingerprint density at radius 3 is 2.54 bits per heavy atom. The van der Waals surface area contributed by atoms with Crippen molar-refractivity contribution in [2.45, 2.75) is 39.2 Å². The van der Waals surface area contributed by atoms with E-state index >= 15 is 0 Å². The fraction of sp³-hybridized carbons (Fsp3) is 0.321. The summed E-state index contributed by atoms with van der Waals surface area (Å²) < 4.78 is 53.3. The van der Waals surface area contributed by atoms with Crippen LogP contribution in [-0.2, 0) is 18.0 Å². The van der Waals surface area contributed by atoms with E-state index in [4.69, 9.17) is 19.4 Å². The Morgan fingerprint density at radius 1 is 1.08 bits per heavy atom. The predicted molar refractivity (Wildman–Crippen MR) is 141 cm³/mol. The van der Waals surface area contributed by atoms with E-state index in [2.05, 4.69) is 10.2 Å². The minimum Gasteiger partial charge on any atom is -0.437 e. The summed E-state index contributed by atoms with van der Waals surface area (Å²) in [6.45, 7) is 7.13. The van der Waals surface area contributed by atoms with Crippen LogP contribution in [0.3, 0.4) is 0 Å². The number of fused-ring (bicyclic) bond motifs is 1. The zero-order chi connectivity index (χ0) is 27.9. The first-order valence-corrected chi connectivity index (χ1v) is 12.5. The van der Waals surface area contributed by atoms with Gasteiger partial charge >= 0.3 is 6.18 Å². The maximum Gasteiger partial charge on any atom is 0.416 e. The fourth-order valence-corrected chi connectivity index (χ4v) is 4.63. The summed E-state index contributed by atoms with van der Waals surface area (Å²) in [5, 5.41) is 2.66. The molecule has 0 bridgehead atoms. The molecule has 8 nitrogen and oxygen atoms in total. The Balaban J connectivity index is 1.44. The molecule has 5 rings (SSSR count). The van der Waals surface area contributed by atoms with E-state index in [9.17, 15) is 18.0 Å². The summed E-state index contributed by atoms with van der Waals surface area (Å²) in [4.78, 5) is 24.3. The van der Waals surface area contributed by atoms with Gasteiger partial charge in [-0.15, -0.1) is 0 Å². The zero-order valence-corrected chi connectivity index (χ0v) is 21.9. The number of nitrogens with one attached hydrogen (secondary N) is 1. The van der Waals surface area contributed by atoms with Crippen molar-refractivity contribution in [3.05, 3.63) is 71.4 Å². The number of amides is 1. The first-order chi connectivity index (χ1) is 18.5. The van der Waals surface area contributed by atoms with Gasteiger partial charge in [-0.25, -0.2) is 4.98 Å². The molecule has 2 atom stereocenters. The summed E-state index contributed by atoms with van der Waals surface area (Å²) in [7, 11) is 1.87. The minimum absolute atomic E-state index is 0.0209. The van der Waals surface area contributed by atoms with E-state index in [1.807, 2.05) is 44.6 Å². The highest BCUT2D eigenvalue weighted by molar-refractivity contribution is 6.04. The minimum atomic E-state index is -4.54. The van der Waals surface area contributed by atoms with Crippen LogP contribution in [0.2, 0.25) is 0 Å². The number of aryl methyl sites for hydroxylation is 2. The predicted octanol–water partition coefficient (Wildman–Crippen LogP) is 5.95. The van der Waals surface area contributed by atoms with Crippen LogP contribution >= 0.6 is 0 Å². The second kappa shape index (κ2) is 10.2. The van der Waals surface area contributed by atoms with Gasteiger partial charge in [0.15, 0.2) is 0 Å². The first-order valence-electron chi connectivity index (χ1n) is 12.5. The van der Waals surface area contributed by atoms with Crippen LogP contribution < -0.4 is 15.0 Å². The van der Waals surface area contributed by atoms with Gasteiger partial charge in [0.1, 0.15) is 11.3 Å². The highest BCUT2D eigenvalue weighted by Crippen LogP contribution is 2.34. The average molecular weight is 540 g/mol. The normalized spacial score (nSPS) is 17.9. The van der Waals surface area contributed by atoms with Crippen molar-refractivity contribution in [3.8, 4) is 11.6 Å². The molecular weight excluding hydrogens is 511 g/mol. The van der Waals surface area contributed by atoms with Crippen molar-refractivity contribution in [2.75, 3.05) is 23.3 Å². The number of anilines is 2. The molecule has 1 amide bonds. The molecule has 3 heterocycles. The Hall–Kier alpha value is -4.12. The first kappa shape index (κ1) is 26.5. The average Bonchev–Trinajstić information content (AvgIpc) is 3.26. The number of hydrogen-bond donors (Lipinski definition) is 1. The van der Waals surface area contributed by atoms with Crippen LogP contribution in [0.4, 0.5) is 24.8 Å². The standard InChI is InChI=1S/C28H28F3N5O3/c1-16-8-9-21(32-25(37)19-6-5-7-20(12-19)28(29,30)31)13-23(16)39-26-24-22(10-11-35(24)4)33-27(34-26)36-14-17(2)38-18(3)15-36/h5-13,17-18H,14-15H2,1-4H3,(H,32,37). The lowest BCUT2D eigenvalue weighted by Gasteiger charge is -2.35. The summed E-state index contributed by atoms with van der Waals surface area (Å²) in [6, 6.07) is 11.2. The molecule has 1 N–H and O–H groups in total. The van der Waals surface area contributed by atoms with Gasteiger partial charge in [-0.2, -0.15) is 18.2 Å². The lowest BCUT2D eigenvalue weighted by atomic mass is 10.1. The highest BCUT2D eigenvalue weighted by atomic mass is 19.4. The molecule has 2 aromatic heterocycles. The number of carbonyl (C=O) groups is 1. The van der Waals surface area contributed by atoms with Crippen molar-refractivity contribution in [3.63, 3.8) is 0 Å². The third-order valence-electron chi connectivity index (χ3n) is 6.48. The third kappa shape index (κ3) is 5.68. The van der Waals surface area contributed by atoms with Crippen LogP contribution in [0.5, 0.6) is 11.6 Å². The lowest BCUT2D eigenvalue weighted by molar-refractivity contribution is -0.137. The van der Waals surface area contributed by atoms with E-state index in [0.29, 0.717) is 41.9 Å². The zero-order valence-electron chi connectivity index (χ0n) is 21.9.